The van der Waals surface area contributed by atoms with Gasteiger partial charge in [-0.05, 0) is 50.5 Å². The monoisotopic (exact) mass is 271 g/mol. The molecule has 1 fully saturated rings. The molecule has 0 saturated heterocycles. The van der Waals surface area contributed by atoms with E-state index in [0.29, 0.717) is 12.1 Å². The fourth-order valence-electron chi connectivity index (χ4n) is 3.30. The summed E-state index contributed by atoms with van der Waals surface area (Å²) in [6.07, 6.45) is 7.68. The highest BCUT2D eigenvalue weighted by Crippen LogP contribution is 2.27. The highest BCUT2D eigenvalue weighted by Gasteiger charge is 2.16. The van der Waals surface area contributed by atoms with Crippen molar-refractivity contribution in [3.05, 3.63) is 30.0 Å². The van der Waals surface area contributed by atoms with Crippen LogP contribution in [0.2, 0.25) is 0 Å². The van der Waals surface area contributed by atoms with E-state index in [9.17, 15) is 0 Å². The van der Waals surface area contributed by atoms with Crippen LogP contribution < -0.4 is 11.1 Å². The maximum absolute atomic E-state index is 5.97. The van der Waals surface area contributed by atoms with Crippen molar-refractivity contribution >= 4 is 16.6 Å². The first-order valence-electron chi connectivity index (χ1n) is 7.77. The smallest absolute Gasteiger partial charge is 0.0487 e. The summed E-state index contributed by atoms with van der Waals surface area (Å²) in [6.45, 7) is 5.40. The first-order valence-corrected chi connectivity index (χ1v) is 7.77. The van der Waals surface area contributed by atoms with E-state index in [-0.39, 0.29) is 0 Å². The third-order valence-electron chi connectivity index (χ3n) is 4.43. The van der Waals surface area contributed by atoms with Crippen molar-refractivity contribution in [3.63, 3.8) is 0 Å². The molecule has 108 valence electrons. The minimum Gasteiger partial charge on any atom is -0.399 e. The fraction of sp³-hybridized carbons (Fsp3) is 0.529. The number of benzene rings is 1. The molecule has 0 aliphatic heterocycles. The average molecular weight is 271 g/mol. The SMILES string of the molecule is CC(C)n1cc(CNC2CCCC2)c2cc(N)ccc21. The molecule has 0 amide bonds. The molecular formula is C17H25N3. The second-order valence-electron chi connectivity index (χ2n) is 6.29. The summed E-state index contributed by atoms with van der Waals surface area (Å²) in [5, 5.41) is 5.00. The summed E-state index contributed by atoms with van der Waals surface area (Å²) in [6, 6.07) is 7.42. The van der Waals surface area contributed by atoms with Crippen molar-refractivity contribution in [1.29, 1.82) is 0 Å². The molecule has 1 aromatic heterocycles. The van der Waals surface area contributed by atoms with Crippen LogP contribution in [-0.4, -0.2) is 10.6 Å². The first-order chi connectivity index (χ1) is 9.65. The van der Waals surface area contributed by atoms with Crippen LogP contribution in [0.4, 0.5) is 5.69 Å². The number of nitrogen functional groups attached to an aromatic ring is 1. The Hall–Kier alpha value is -1.48. The van der Waals surface area contributed by atoms with Crippen LogP contribution in [0, 0.1) is 0 Å². The van der Waals surface area contributed by atoms with Gasteiger partial charge < -0.3 is 15.6 Å². The fourth-order valence-corrected chi connectivity index (χ4v) is 3.30. The second-order valence-corrected chi connectivity index (χ2v) is 6.29. The van der Waals surface area contributed by atoms with Gasteiger partial charge in [0, 0.05) is 41.4 Å². The molecule has 0 atom stereocenters. The molecule has 1 aromatic carbocycles. The van der Waals surface area contributed by atoms with Crippen LogP contribution in [0.5, 0.6) is 0 Å². The van der Waals surface area contributed by atoms with Crippen molar-refractivity contribution in [3.8, 4) is 0 Å². The number of nitrogens with two attached hydrogens (primary N) is 1. The van der Waals surface area contributed by atoms with E-state index >= 15 is 0 Å². The predicted molar refractivity (Wildman–Crippen MR) is 85.8 cm³/mol. The molecule has 0 bridgehead atoms. The van der Waals surface area contributed by atoms with E-state index in [1.165, 1.54) is 42.1 Å². The summed E-state index contributed by atoms with van der Waals surface area (Å²) in [5.74, 6) is 0. The van der Waals surface area contributed by atoms with Crippen molar-refractivity contribution in [2.45, 2.75) is 58.2 Å². The lowest BCUT2D eigenvalue weighted by atomic mass is 10.1. The van der Waals surface area contributed by atoms with Gasteiger partial charge in [0.25, 0.3) is 0 Å². The van der Waals surface area contributed by atoms with Crippen molar-refractivity contribution < 1.29 is 0 Å². The maximum Gasteiger partial charge on any atom is 0.0487 e. The zero-order chi connectivity index (χ0) is 14.1. The van der Waals surface area contributed by atoms with Gasteiger partial charge >= 0.3 is 0 Å². The standard InChI is InChI=1S/C17H25N3/c1-12(2)20-11-13(10-19-15-5-3-4-6-15)16-9-14(18)7-8-17(16)20/h7-9,11-12,15,19H,3-6,10,18H2,1-2H3. The van der Waals surface area contributed by atoms with Gasteiger partial charge in [0.1, 0.15) is 0 Å². The van der Waals surface area contributed by atoms with E-state index < -0.39 is 0 Å². The predicted octanol–water partition coefficient (Wildman–Crippen LogP) is 3.84. The van der Waals surface area contributed by atoms with Crippen LogP contribution in [0.25, 0.3) is 10.9 Å². The molecule has 1 aliphatic rings. The van der Waals surface area contributed by atoms with Gasteiger partial charge in [-0.25, -0.2) is 0 Å². The molecule has 3 N–H and O–H groups in total. The summed E-state index contributed by atoms with van der Waals surface area (Å²) in [5.41, 5.74) is 9.47. The van der Waals surface area contributed by atoms with Crippen LogP contribution in [0.1, 0.15) is 51.1 Å². The molecule has 3 nitrogen and oxygen atoms in total. The number of nitrogens with one attached hydrogen (secondary N) is 1. The minimum absolute atomic E-state index is 0.473. The quantitative estimate of drug-likeness (QED) is 0.830. The third-order valence-corrected chi connectivity index (χ3v) is 4.43. The Kier molecular flexibility index (Phi) is 3.70. The van der Waals surface area contributed by atoms with Crippen LogP contribution in [0.3, 0.4) is 0 Å². The summed E-state index contributed by atoms with van der Waals surface area (Å²) in [7, 11) is 0. The Morgan fingerprint density at radius 1 is 1.30 bits per heavy atom. The number of anilines is 1. The second kappa shape index (κ2) is 5.49. The van der Waals surface area contributed by atoms with Crippen LogP contribution in [0.15, 0.2) is 24.4 Å². The van der Waals surface area contributed by atoms with Gasteiger partial charge in [0.05, 0.1) is 0 Å². The number of hydrogen-bond donors (Lipinski definition) is 2. The Labute approximate surface area is 121 Å². The van der Waals surface area contributed by atoms with Gasteiger partial charge in [-0.15, -0.1) is 0 Å². The number of aromatic nitrogens is 1. The molecule has 1 saturated carbocycles. The van der Waals surface area contributed by atoms with Crippen molar-refractivity contribution in [2.75, 3.05) is 5.73 Å². The molecule has 1 heterocycles. The number of rotatable bonds is 4. The van der Waals surface area contributed by atoms with Gasteiger partial charge in [-0.1, -0.05) is 12.8 Å². The van der Waals surface area contributed by atoms with E-state index in [0.717, 1.165) is 12.2 Å². The summed E-state index contributed by atoms with van der Waals surface area (Å²) >= 11 is 0. The van der Waals surface area contributed by atoms with E-state index in [2.05, 4.69) is 42.1 Å². The molecular weight excluding hydrogens is 246 g/mol. The molecule has 2 aromatic rings. The average Bonchev–Trinajstić information content (AvgIpc) is 3.03. The molecule has 20 heavy (non-hydrogen) atoms. The van der Waals surface area contributed by atoms with Crippen molar-refractivity contribution in [2.24, 2.45) is 0 Å². The molecule has 3 rings (SSSR count). The zero-order valence-electron chi connectivity index (χ0n) is 12.5. The van der Waals surface area contributed by atoms with Crippen LogP contribution in [-0.2, 0) is 6.54 Å². The highest BCUT2D eigenvalue weighted by atomic mass is 15.0. The molecule has 3 heteroatoms. The Morgan fingerprint density at radius 2 is 2.05 bits per heavy atom. The normalized spacial score (nSPS) is 16.6. The van der Waals surface area contributed by atoms with E-state index in [1.807, 2.05) is 6.07 Å². The largest absolute Gasteiger partial charge is 0.399 e. The highest BCUT2D eigenvalue weighted by molar-refractivity contribution is 5.87. The Morgan fingerprint density at radius 3 is 2.75 bits per heavy atom. The lowest BCUT2D eigenvalue weighted by Gasteiger charge is -2.11. The third kappa shape index (κ3) is 2.55. The number of nitrogens with zero attached hydrogens (tertiary/aromatic N) is 1. The topological polar surface area (TPSA) is 43.0 Å². The molecule has 1 aliphatic carbocycles. The Bertz CT molecular complexity index is 592. The Balaban J connectivity index is 1.90. The van der Waals surface area contributed by atoms with E-state index in [1.54, 1.807) is 0 Å². The van der Waals surface area contributed by atoms with Gasteiger partial charge in [0.2, 0.25) is 0 Å². The van der Waals surface area contributed by atoms with Gasteiger partial charge in [-0.3, -0.25) is 0 Å². The summed E-state index contributed by atoms with van der Waals surface area (Å²) in [4.78, 5) is 0. The lowest BCUT2D eigenvalue weighted by molar-refractivity contribution is 0.523. The number of fused-ring (bicyclic) bond motifs is 1. The van der Waals surface area contributed by atoms with Gasteiger partial charge in [0.15, 0.2) is 0 Å². The maximum atomic E-state index is 5.97. The number of hydrogen-bond acceptors (Lipinski definition) is 2. The minimum atomic E-state index is 0.473. The molecule has 0 spiro atoms. The lowest BCUT2D eigenvalue weighted by Crippen LogP contribution is -2.25. The van der Waals surface area contributed by atoms with E-state index in [4.69, 9.17) is 5.73 Å². The zero-order valence-corrected chi connectivity index (χ0v) is 12.5. The van der Waals surface area contributed by atoms with Crippen LogP contribution >= 0.6 is 0 Å². The summed E-state index contributed by atoms with van der Waals surface area (Å²) < 4.78 is 2.35. The van der Waals surface area contributed by atoms with Gasteiger partial charge in [-0.2, -0.15) is 0 Å². The molecule has 0 radical (unpaired) electrons. The molecule has 0 unspecified atom stereocenters. The van der Waals surface area contributed by atoms with Crippen molar-refractivity contribution in [1.82, 2.24) is 9.88 Å². The first kappa shape index (κ1) is 13.5.